The molecule has 0 aliphatic heterocycles. The summed E-state index contributed by atoms with van der Waals surface area (Å²) in [6.07, 6.45) is 1.48. The number of sulfonamides is 1. The standard InChI is InChI=1S/C22H28N2O4S/c1-6-11-24(29(26,27)22-17(3)12-16(2)13-18(22)4)15-21(25)23-14-19-7-9-20(28-5)10-8-19/h6-10,12-13H,1,11,14-15H2,2-5H3,(H,23,25). The molecule has 0 aliphatic carbocycles. The van der Waals surface area contributed by atoms with E-state index in [0.717, 1.165) is 21.2 Å². The van der Waals surface area contributed by atoms with Gasteiger partial charge in [0.05, 0.1) is 18.6 Å². The van der Waals surface area contributed by atoms with Crippen molar-refractivity contribution in [1.82, 2.24) is 9.62 Å². The average molecular weight is 417 g/mol. The van der Waals surface area contributed by atoms with Crippen LogP contribution in [0.5, 0.6) is 5.75 Å². The zero-order valence-electron chi connectivity index (χ0n) is 17.4. The van der Waals surface area contributed by atoms with Crippen LogP contribution in [-0.2, 0) is 21.4 Å². The Labute approximate surface area is 173 Å². The lowest BCUT2D eigenvalue weighted by Crippen LogP contribution is -2.41. The number of amides is 1. The third kappa shape index (κ3) is 5.68. The van der Waals surface area contributed by atoms with E-state index in [-0.39, 0.29) is 23.9 Å². The third-order valence-electron chi connectivity index (χ3n) is 4.50. The number of nitrogens with one attached hydrogen (secondary N) is 1. The van der Waals surface area contributed by atoms with E-state index < -0.39 is 10.0 Å². The van der Waals surface area contributed by atoms with Crippen molar-refractivity contribution in [2.75, 3.05) is 20.2 Å². The lowest BCUT2D eigenvalue weighted by atomic mass is 10.1. The zero-order valence-corrected chi connectivity index (χ0v) is 18.2. The number of nitrogens with zero attached hydrogens (tertiary/aromatic N) is 1. The molecule has 6 nitrogen and oxygen atoms in total. The number of ether oxygens (including phenoxy) is 1. The fraction of sp³-hybridized carbons (Fsp3) is 0.318. The van der Waals surface area contributed by atoms with Crippen molar-refractivity contribution in [3.63, 3.8) is 0 Å². The number of aryl methyl sites for hydroxylation is 3. The van der Waals surface area contributed by atoms with Gasteiger partial charge in [-0.15, -0.1) is 6.58 Å². The Kier molecular flexibility index (Phi) is 7.59. The number of carbonyl (C=O) groups excluding carboxylic acids is 1. The van der Waals surface area contributed by atoms with Gasteiger partial charge in [-0.05, 0) is 49.6 Å². The Balaban J connectivity index is 2.15. The number of hydrogen-bond donors (Lipinski definition) is 1. The molecule has 1 amide bonds. The van der Waals surface area contributed by atoms with Gasteiger partial charge in [-0.2, -0.15) is 4.31 Å². The first-order valence-corrected chi connectivity index (χ1v) is 10.7. The number of benzene rings is 2. The van der Waals surface area contributed by atoms with Gasteiger partial charge in [0, 0.05) is 13.1 Å². The van der Waals surface area contributed by atoms with Crippen molar-refractivity contribution in [3.05, 3.63) is 71.3 Å². The highest BCUT2D eigenvalue weighted by Crippen LogP contribution is 2.25. The summed E-state index contributed by atoms with van der Waals surface area (Å²) in [5, 5.41) is 2.77. The monoisotopic (exact) mass is 416 g/mol. The Morgan fingerprint density at radius 3 is 2.24 bits per heavy atom. The summed E-state index contributed by atoms with van der Waals surface area (Å²) in [4.78, 5) is 12.7. The molecular weight excluding hydrogens is 388 g/mol. The second kappa shape index (κ2) is 9.71. The molecule has 2 aromatic rings. The van der Waals surface area contributed by atoms with Crippen LogP contribution in [-0.4, -0.2) is 38.8 Å². The van der Waals surface area contributed by atoms with Gasteiger partial charge in [0.1, 0.15) is 5.75 Å². The summed E-state index contributed by atoms with van der Waals surface area (Å²) < 4.78 is 32.7. The summed E-state index contributed by atoms with van der Waals surface area (Å²) in [6, 6.07) is 11.0. The van der Waals surface area contributed by atoms with E-state index in [9.17, 15) is 13.2 Å². The molecule has 0 saturated heterocycles. The van der Waals surface area contributed by atoms with Gasteiger partial charge in [0.15, 0.2) is 0 Å². The maximum absolute atomic E-state index is 13.2. The normalized spacial score (nSPS) is 11.3. The third-order valence-corrected chi connectivity index (χ3v) is 6.62. The number of methoxy groups -OCH3 is 1. The SMILES string of the molecule is C=CCN(CC(=O)NCc1ccc(OC)cc1)S(=O)(=O)c1c(C)cc(C)cc1C. The van der Waals surface area contributed by atoms with Crippen LogP contribution in [0.25, 0.3) is 0 Å². The molecule has 0 unspecified atom stereocenters. The summed E-state index contributed by atoms with van der Waals surface area (Å²) in [7, 11) is -2.26. The Morgan fingerprint density at radius 1 is 1.14 bits per heavy atom. The average Bonchev–Trinajstić information content (AvgIpc) is 2.65. The van der Waals surface area contributed by atoms with Crippen LogP contribution in [0.3, 0.4) is 0 Å². The smallest absolute Gasteiger partial charge is 0.244 e. The first kappa shape index (κ1) is 22.6. The lowest BCUT2D eigenvalue weighted by Gasteiger charge is -2.23. The highest BCUT2D eigenvalue weighted by molar-refractivity contribution is 7.89. The highest BCUT2D eigenvalue weighted by atomic mass is 32.2. The molecule has 7 heteroatoms. The summed E-state index contributed by atoms with van der Waals surface area (Å²) in [5.41, 5.74) is 3.21. The van der Waals surface area contributed by atoms with Gasteiger partial charge in [0.2, 0.25) is 15.9 Å². The molecule has 0 bridgehead atoms. The molecule has 1 N–H and O–H groups in total. The largest absolute Gasteiger partial charge is 0.497 e. The summed E-state index contributed by atoms with van der Waals surface area (Å²) in [6.45, 7) is 9.15. The maximum Gasteiger partial charge on any atom is 0.244 e. The van der Waals surface area contributed by atoms with Gasteiger partial charge in [0.25, 0.3) is 0 Å². The van der Waals surface area contributed by atoms with E-state index in [1.165, 1.54) is 6.08 Å². The lowest BCUT2D eigenvalue weighted by molar-refractivity contribution is -0.121. The molecule has 29 heavy (non-hydrogen) atoms. The molecule has 0 atom stereocenters. The molecule has 0 heterocycles. The molecule has 0 fully saturated rings. The number of rotatable bonds is 9. The minimum absolute atomic E-state index is 0.0467. The van der Waals surface area contributed by atoms with Gasteiger partial charge in [-0.3, -0.25) is 4.79 Å². The van der Waals surface area contributed by atoms with Crippen LogP contribution < -0.4 is 10.1 Å². The minimum Gasteiger partial charge on any atom is -0.497 e. The van der Waals surface area contributed by atoms with E-state index >= 15 is 0 Å². The zero-order chi connectivity index (χ0) is 21.6. The molecular formula is C22H28N2O4S. The second-order valence-electron chi connectivity index (χ2n) is 6.94. The first-order chi connectivity index (χ1) is 13.7. The molecule has 0 aliphatic rings. The van der Waals surface area contributed by atoms with Gasteiger partial charge in [-0.25, -0.2) is 8.42 Å². The maximum atomic E-state index is 13.2. The molecule has 156 valence electrons. The number of hydrogen-bond acceptors (Lipinski definition) is 4. The molecule has 0 aromatic heterocycles. The van der Waals surface area contributed by atoms with E-state index in [1.54, 1.807) is 33.1 Å². The Morgan fingerprint density at radius 2 is 1.72 bits per heavy atom. The van der Waals surface area contributed by atoms with E-state index in [1.807, 2.05) is 31.2 Å². The predicted octanol–water partition coefficient (Wildman–Crippen LogP) is 3.11. The van der Waals surface area contributed by atoms with Crippen LogP contribution in [0.4, 0.5) is 0 Å². The second-order valence-corrected chi connectivity index (χ2v) is 8.81. The van der Waals surface area contributed by atoms with Crippen molar-refractivity contribution < 1.29 is 17.9 Å². The Hall–Kier alpha value is -2.64. The van der Waals surface area contributed by atoms with Crippen LogP contribution in [0, 0.1) is 20.8 Å². The summed E-state index contributed by atoms with van der Waals surface area (Å²) >= 11 is 0. The topological polar surface area (TPSA) is 75.7 Å². The van der Waals surface area contributed by atoms with Crippen molar-refractivity contribution in [1.29, 1.82) is 0 Å². The highest BCUT2D eigenvalue weighted by Gasteiger charge is 2.28. The molecule has 0 spiro atoms. The van der Waals surface area contributed by atoms with Crippen molar-refractivity contribution >= 4 is 15.9 Å². The number of carbonyl (C=O) groups is 1. The molecule has 0 saturated carbocycles. The Bertz CT molecular complexity index is 959. The first-order valence-electron chi connectivity index (χ1n) is 9.27. The molecule has 2 aromatic carbocycles. The molecule has 2 rings (SSSR count). The van der Waals surface area contributed by atoms with Crippen molar-refractivity contribution in [3.8, 4) is 5.75 Å². The van der Waals surface area contributed by atoms with Crippen LogP contribution in [0.1, 0.15) is 22.3 Å². The molecule has 0 radical (unpaired) electrons. The fourth-order valence-electron chi connectivity index (χ4n) is 3.25. The predicted molar refractivity (Wildman–Crippen MR) is 114 cm³/mol. The summed E-state index contributed by atoms with van der Waals surface area (Å²) in [5.74, 6) is 0.348. The van der Waals surface area contributed by atoms with Crippen molar-refractivity contribution in [2.24, 2.45) is 0 Å². The van der Waals surface area contributed by atoms with E-state index in [0.29, 0.717) is 17.7 Å². The van der Waals surface area contributed by atoms with Gasteiger partial charge >= 0.3 is 0 Å². The van der Waals surface area contributed by atoms with Crippen LogP contribution in [0.15, 0.2) is 53.9 Å². The minimum atomic E-state index is -3.84. The quantitative estimate of drug-likeness (QED) is 0.638. The van der Waals surface area contributed by atoms with E-state index in [2.05, 4.69) is 11.9 Å². The van der Waals surface area contributed by atoms with Crippen LogP contribution in [0.2, 0.25) is 0 Å². The van der Waals surface area contributed by atoms with Gasteiger partial charge in [-0.1, -0.05) is 35.9 Å². The van der Waals surface area contributed by atoms with Gasteiger partial charge < -0.3 is 10.1 Å². The van der Waals surface area contributed by atoms with Crippen molar-refractivity contribution in [2.45, 2.75) is 32.2 Å². The van der Waals surface area contributed by atoms with Crippen LogP contribution >= 0.6 is 0 Å². The van der Waals surface area contributed by atoms with E-state index in [4.69, 9.17) is 4.74 Å². The fourth-order valence-corrected chi connectivity index (χ4v) is 5.03.